The summed E-state index contributed by atoms with van der Waals surface area (Å²) >= 11 is 0. The van der Waals surface area contributed by atoms with Gasteiger partial charge in [0.05, 0.1) is 12.7 Å². The zero-order valence-corrected chi connectivity index (χ0v) is 12.8. The molecule has 2 rings (SSSR count). The lowest BCUT2D eigenvalue weighted by molar-refractivity contribution is -0.327. The van der Waals surface area contributed by atoms with Crippen molar-refractivity contribution in [2.45, 2.75) is 52.9 Å². The van der Waals surface area contributed by atoms with Gasteiger partial charge in [0.1, 0.15) is 0 Å². The topological polar surface area (TPSA) is 18.5 Å². The minimum absolute atomic E-state index is 0.0738. The van der Waals surface area contributed by atoms with E-state index in [1.807, 2.05) is 6.07 Å². The van der Waals surface area contributed by atoms with Gasteiger partial charge in [-0.3, -0.25) is 0 Å². The molecule has 0 radical (unpaired) electrons. The maximum atomic E-state index is 6.33. The number of ether oxygens (including phenoxy) is 2. The van der Waals surface area contributed by atoms with Crippen LogP contribution in [0, 0.1) is 11.3 Å². The van der Waals surface area contributed by atoms with Gasteiger partial charge in [0.2, 0.25) is 0 Å². The molecule has 1 aromatic carbocycles. The quantitative estimate of drug-likeness (QED) is 0.818. The Kier molecular flexibility index (Phi) is 4.03. The van der Waals surface area contributed by atoms with Crippen LogP contribution in [0.3, 0.4) is 0 Å². The molecule has 2 nitrogen and oxygen atoms in total. The normalized spacial score (nSPS) is 30.5. The molecule has 1 aliphatic heterocycles. The fraction of sp³-hybridized carbons (Fsp3) is 0.647. The van der Waals surface area contributed by atoms with E-state index >= 15 is 0 Å². The molecule has 0 amide bonds. The number of hydrogen-bond donors (Lipinski definition) is 0. The van der Waals surface area contributed by atoms with E-state index in [2.05, 4.69) is 58.9 Å². The zero-order chi connectivity index (χ0) is 14.1. The lowest BCUT2D eigenvalue weighted by Crippen LogP contribution is -2.54. The van der Waals surface area contributed by atoms with E-state index in [9.17, 15) is 0 Å². The van der Waals surface area contributed by atoms with Crippen LogP contribution in [0.4, 0.5) is 0 Å². The first-order valence-electron chi connectivity index (χ1n) is 7.18. The maximum Gasteiger partial charge on any atom is 0.169 e. The smallest absolute Gasteiger partial charge is 0.169 e. The van der Waals surface area contributed by atoms with Crippen molar-refractivity contribution in [1.29, 1.82) is 0 Å². The van der Waals surface area contributed by atoms with E-state index in [0.29, 0.717) is 5.92 Å². The second-order valence-electron chi connectivity index (χ2n) is 6.86. The van der Waals surface area contributed by atoms with Gasteiger partial charge in [-0.1, -0.05) is 58.0 Å². The van der Waals surface area contributed by atoms with E-state index in [4.69, 9.17) is 9.47 Å². The van der Waals surface area contributed by atoms with Gasteiger partial charge in [-0.2, -0.15) is 0 Å². The van der Waals surface area contributed by atoms with E-state index in [-0.39, 0.29) is 11.5 Å². The Morgan fingerprint density at radius 3 is 2.37 bits per heavy atom. The largest absolute Gasteiger partial charge is 0.349 e. The van der Waals surface area contributed by atoms with Gasteiger partial charge in [0.15, 0.2) is 5.79 Å². The number of benzene rings is 1. The SMILES string of the molecule is CC(C)[C@H]1O[C@@](C)(Cc2ccccc2)OCC1(C)C. The summed E-state index contributed by atoms with van der Waals surface area (Å²) < 4.78 is 12.4. The van der Waals surface area contributed by atoms with Crippen molar-refractivity contribution in [2.75, 3.05) is 6.61 Å². The Morgan fingerprint density at radius 1 is 1.16 bits per heavy atom. The van der Waals surface area contributed by atoms with Crippen molar-refractivity contribution < 1.29 is 9.47 Å². The van der Waals surface area contributed by atoms with Crippen LogP contribution in [-0.2, 0) is 15.9 Å². The molecule has 2 heteroatoms. The summed E-state index contributed by atoms with van der Waals surface area (Å²) in [7, 11) is 0. The molecule has 0 bridgehead atoms. The maximum absolute atomic E-state index is 6.33. The van der Waals surface area contributed by atoms with Crippen LogP contribution in [-0.4, -0.2) is 18.5 Å². The standard InChI is InChI=1S/C17H26O2/c1-13(2)15-16(3,4)12-18-17(5,19-15)11-14-9-7-6-8-10-14/h6-10,13,15H,11-12H2,1-5H3/t15-,17+/m1/s1. The van der Waals surface area contributed by atoms with Crippen LogP contribution in [0.5, 0.6) is 0 Å². The molecule has 0 spiro atoms. The molecule has 0 N–H and O–H groups in total. The molecule has 0 aromatic heterocycles. The number of rotatable bonds is 3. The van der Waals surface area contributed by atoms with Crippen LogP contribution < -0.4 is 0 Å². The molecule has 1 saturated heterocycles. The summed E-state index contributed by atoms with van der Waals surface area (Å²) in [5.74, 6) is -0.0137. The highest BCUT2D eigenvalue weighted by molar-refractivity contribution is 5.16. The van der Waals surface area contributed by atoms with Crippen molar-refractivity contribution in [2.24, 2.45) is 11.3 Å². The Hall–Kier alpha value is -0.860. The summed E-state index contributed by atoms with van der Waals surface area (Å²) in [6.45, 7) is 11.7. The van der Waals surface area contributed by atoms with Crippen molar-refractivity contribution >= 4 is 0 Å². The average Bonchev–Trinajstić information content (AvgIpc) is 2.34. The molecule has 1 fully saturated rings. The van der Waals surface area contributed by atoms with Gasteiger partial charge in [0.25, 0.3) is 0 Å². The van der Waals surface area contributed by atoms with Crippen LogP contribution in [0.2, 0.25) is 0 Å². The third-order valence-corrected chi connectivity index (χ3v) is 3.87. The Balaban J connectivity index is 2.13. The van der Waals surface area contributed by atoms with Crippen LogP contribution in [0.25, 0.3) is 0 Å². The van der Waals surface area contributed by atoms with Gasteiger partial charge in [-0.05, 0) is 18.4 Å². The fourth-order valence-electron chi connectivity index (χ4n) is 2.98. The minimum atomic E-state index is -0.508. The first-order chi connectivity index (χ1) is 8.82. The second-order valence-corrected chi connectivity index (χ2v) is 6.86. The van der Waals surface area contributed by atoms with Crippen molar-refractivity contribution in [3.63, 3.8) is 0 Å². The minimum Gasteiger partial charge on any atom is -0.349 e. The molecule has 2 atom stereocenters. The van der Waals surface area contributed by atoms with Gasteiger partial charge >= 0.3 is 0 Å². The van der Waals surface area contributed by atoms with Crippen molar-refractivity contribution in [3.8, 4) is 0 Å². The lowest BCUT2D eigenvalue weighted by atomic mass is 9.80. The lowest BCUT2D eigenvalue weighted by Gasteiger charge is -2.49. The highest BCUT2D eigenvalue weighted by atomic mass is 16.7. The van der Waals surface area contributed by atoms with E-state index < -0.39 is 5.79 Å². The molecule has 1 heterocycles. The van der Waals surface area contributed by atoms with Gasteiger partial charge in [0, 0.05) is 11.8 Å². The highest BCUT2D eigenvalue weighted by Crippen LogP contribution is 2.39. The Morgan fingerprint density at radius 2 is 1.79 bits per heavy atom. The van der Waals surface area contributed by atoms with Crippen LogP contribution in [0.1, 0.15) is 40.2 Å². The molecular formula is C17H26O2. The van der Waals surface area contributed by atoms with Gasteiger partial charge in [-0.25, -0.2) is 0 Å². The monoisotopic (exact) mass is 262 g/mol. The third-order valence-electron chi connectivity index (χ3n) is 3.87. The summed E-state index contributed by atoms with van der Waals surface area (Å²) in [6.07, 6.45) is 1.03. The molecule has 0 aliphatic carbocycles. The first kappa shape index (κ1) is 14.5. The summed E-state index contributed by atoms with van der Waals surface area (Å²) in [4.78, 5) is 0. The summed E-state index contributed by atoms with van der Waals surface area (Å²) in [5, 5.41) is 0. The van der Waals surface area contributed by atoms with E-state index in [0.717, 1.165) is 13.0 Å². The molecular weight excluding hydrogens is 236 g/mol. The molecule has 0 saturated carbocycles. The predicted molar refractivity (Wildman–Crippen MR) is 78.0 cm³/mol. The molecule has 1 aromatic rings. The molecule has 106 valence electrons. The predicted octanol–water partition coefficient (Wildman–Crippen LogP) is 4.04. The Labute approximate surface area is 117 Å². The molecule has 0 unspecified atom stereocenters. The van der Waals surface area contributed by atoms with E-state index in [1.54, 1.807) is 0 Å². The van der Waals surface area contributed by atoms with Gasteiger partial charge < -0.3 is 9.47 Å². The second kappa shape index (κ2) is 5.26. The average molecular weight is 262 g/mol. The molecule has 19 heavy (non-hydrogen) atoms. The van der Waals surface area contributed by atoms with Crippen molar-refractivity contribution in [1.82, 2.24) is 0 Å². The van der Waals surface area contributed by atoms with Crippen molar-refractivity contribution in [3.05, 3.63) is 35.9 Å². The Bertz CT molecular complexity index is 411. The number of hydrogen-bond acceptors (Lipinski definition) is 2. The highest BCUT2D eigenvalue weighted by Gasteiger charge is 2.45. The summed E-state index contributed by atoms with van der Waals surface area (Å²) in [6, 6.07) is 10.4. The third kappa shape index (κ3) is 3.37. The fourth-order valence-corrected chi connectivity index (χ4v) is 2.98. The first-order valence-corrected chi connectivity index (χ1v) is 7.18. The zero-order valence-electron chi connectivity index (χ0n) is 12.8. The van der Waals surface area contributed by atoms with Crippen LogP contribution in [0.15, 0.2) is 30.3 Å². The summed E-state index contributed by atoms with van der Waals surface area (Å²) in [5.41, 5.74) is 1.33. The van der Waals surface area contributed by atoms with Gasteiger partial charge in [-0.15, -0.1) is 0 Å². The van der Waals surface area contributed by atoms with Crippen LogP contribution >= 0.6 is 0 Å². The molecule has 1 aliphatic rings. The van der Waals surface area contributed by atoms with E-state index in [1.165, 1.54) is 5.56 Å².